The maximum Gasteiger partial charge on any atom is 0.327 e. The van der Waals surface area contributed by atoms with Crippen LogP contribution in [0.5, 0.6) is 11.6 Å². The molecule has 3 aromatic heterocycles. The zero-order chi connectivity index (χ0) is 30.2. The Balaban J connectivity index is 1.07. The van der Waals surface area contributed by atoms with Crippen LogP contribution in [0.4, 0.5) is 19.0 Å². The molecule has 3 aliphatic heterocycles. The van der Waals surface area contributed by atoms with Crippen molar-refractivity contribution in [2.75, 3.05) is 25.1 Å². The van der Waals surface area contributed by atoms with E-state index in [-0.39, 0.29) is 29.4 Å². The lowest BCUT2D eigenvalue weighted by molar-refractivity contribution is -0.165. The molecule has 2 amide bonds. The van der Waals surface area contributed by atoms with Crippen molar-refractivity contribution < 1.29 is 37.0 Å². The number of fused-ring (bicyclic) bond motifs is 5. The molecule has 2 saturated heterocycles. The number of halogens is 3. The van der Waals surface area contributed by atoms with Gasteiger partial charge in [-0.15, -0.1) is 0 Å². The number of aromatic nitrogens is 3. The van der Waals surface area contributed by atoms with Gasteiger partial charge in [0.1, 0.15) is 5.82 Å². The quantitative estimate of drug-likeness (QED) is 0.302. The van der Waals surface area contributed by atoms with Gasteiger partial charge in [0.2, 0.25) is 5.88 Å². The molecule has 0 aromatic carbocycles. The Kier molecular flexibility index (Phi) is 7.59. The van der Waals surface area contributed by atoms with Crippen LogP contribution in [-0.2, 0) is 27.3 Å². The minimum atomic E-state index is -3.70. The van der Waals surface area contributed by atoms with Crippen molar-refractivity contribution in [1.29, 1.82) is 0 Å². The Morgan fingerprint density at radius 3 is 2.72 bits per heavy atom. The van der Waals surface area contributed by atoms with E-state index in [9.17, 15) is 18.4 Å². The van der Waals surface area contributed by atoms with E-state index in [0.717, 1.165) is 37.6 Å². The predicted octanol–water partition coefficient (Wildman–Crippen LogP) is 3.19. The second kappa shape index (κ2) is 11.2. The van der Waals surface area contributed by atoms with Crippen LogP contribution in [0.25, 0.3) is 11.0 Å². The number of carbonyl (C=O) groups excluding carboxylic acids is 2. The van der Waals surface area contributed by atoms with Gasteiger partial charge in [0.15, 0.2) is 18.2 Å². The Labute approximate surface area is 244 Å². The number of ether oxygens (including phenoxy) is 3. The largest absolute Gasteiger partial charge is 0.480 e. The molecule has 6 heterocycles. The van der Waals surface area contributed by atoms with Gasteiger partial charge in [-0.3, -0.25) is 14.6 Å². The highest BCUT2D eigenvalue weighted by Crippen LogP contribution is 2.46. The number of rotatable bonds is 11. The number of hydrogen-bond donors (Lipinski definition) is 3. The van der Waals surface area contributed by atoms with Gasteiger partial charge >= 0.3 is 5.92 Å². The first kappa shape index (κ1) is 29.1. The molecule has 43 heavy (non-hydrogen) atoms. The summed E-state index contributed by atoms with van der Waals surface area (Å²) in [7, 11) is 0. The van der Waals surface area contributed by atoms with E-state index in [1.807, 2.05) is 6.07 Å². The minimum absolute atomic E-state index is 0.0188. The normalized spacial score (nSPS) is 23.0. The summed E-state index contributed by atoms with van der Waals surface area (Å²) >= 11 is 0. The molecule has 0 unspecified atom stereocenters. The van der Waals surface area contributed by atoms with E-state index in [2.05, 4.69) is 25.6 Å². The predicted molar refractivity (Wildman–Crippen MR) is 147 cm³/mol. The van der Waals surface area contributed by atoms with Crippen molar-refractivity contribution in [3.05, 3.63) is 47.5 Å². The Hall–Kier alpha value is -4.04. The summed E-state index contributed by atoms with van der Waals surface area (Å²) in [5.41, 5.74) is 5.98. The molecule has 228 valence electrons. The van der Waals surface area contributed by atoms with Gasteiger partial charge in [0.25, 0.3) is 11.8 Å². The molecule has 1 saturated carbocycles. The van der Waals surface area contributed by atoms with Crippen LogP contribution in [-0.4, -0.2) is 63.6 Å². The molecule has 2 bridgehead atoms. The summed E-state index contributed by atoms with van der Waals surface area (Å²) in [5, 5.41) is 6.34. The molecule has 7 rings (SSSR count). The van der Waals surface area contributed by atoms with Gasteiger partial charge in [-0.2, -0.15) is 8.78 Å². The lowest BCUT2D eigenvalue weighted by atomic mass is 9.69. The molecule has 0 radical (unpaired) electrons. The first-order valence-electron chi connectivity index (χ1n) is 14.1. The smallest absolute Gasteiger partial charge is 0.327 e. The number of aryl methyl sites for hydroxylation is 1. The van der Waals surface area contributed by atoms with Crippen molar-refractivity contribution >= 4 is 28.7 Å². The summed E-state index contributed by atoms with van der Waals surface area (Å²) in [6.07, 6.45) is 4.51. The maximum absolute atomic E-state index is 15.0. The van der Waals surface area contributed by atoms with Crippen LogP contribution in [0.3, 0.4) is 0 Å². The summed E-state index contributed by atoms with van der Waals surface area (Å²) in [5.74, 6) is -5.19. The van der Waals surface area contributed by atoms with E-state index < -0.39 is 36.3 Å². The molecular formula is C29H31F3N6O5. The number of hydrogen-bond acceptors (Lipinski definition) is 9. The zero-order valence-corrected chi connectivity index (χ0v) is 23.3. The second-order valence-electron chi connectivity index (χ2n) is 11.4. The number of amides is 2. The van der Waals surface area contributed by atoms with Crippen molar-refractivity contribution in [2.45, 2.75) is 68.6 Å². The third-order valence-electron chi connectivity index (χ3n) is 8.55. The SMILES string of the molecule is NC(=O)C(F)(F)CCOc1ccc2ncc(F)c(CCC34CCC(NCc5ccc6c(n5)NC(=O)CO6)(CC3)CO4)c2n1. The summed E-state index contributed by atoms with van der Waals surface area (Å²) in [6.45, 7) is 0.494. The standard InChI is InChI=1S/C29H31F3N6O5/c30-19-14-34-20-2-4-23(41-12-11-29(31,32)26(33)40)38-24(20)18(19)5-6-28-9-7-27(8-10-28,16-43-28)35-13-17-1-3-21-25(36-17)37-22(39)15-42-21/h1-4,14,35H,5-13,15-16H2,(H2,33,40)(H,36,37,39). The Morgan fingerprint density at radius 2 is 1.98 bits per heavy atom. The number of anilines is 1. The first-order valence-corrected chi connectivity index (χ1v) is 14.1. The maximum atomic E-state index is 15.0. The molecule has 11 nitrogen and oxygen atoms in total. The number of pyridine rings is 3. The molecule has 4 aliphatic rings. The Morgan fingerprint density at radius 1 is 1.16 bits per heavy atom. The van der Waals surface area contributed by atoms with Crippen LogP contribution in [0.1, 0.15) is 49.8 Å². The fraction of sp³-hybridized carbons (Fsp3) is 0.483. The van der Waals surface area contributed by atoms with Crippen LogP contribution in [0.15, 0.2) is 30.5 Å². The molecule has 4 N–H and O–H groups in total. The van der Waals surface area contributed by atoms with Crippen molar-refractivity contribution in [1.82, 2.24) is 20.3 Å². The highest BCUT2D eigenvalue weighted by molar-refractivity contribution is 5.94. The molecule has 1 aliphatic carbocycles. The topological polar surface area (TPSA) is 151 Å². The van der Waals surface area contributed by atoms with Crippen molar-refractivity contribution in [2.24, 2.45) is 5.73 Å². The molecule has 0 atom stereocenters. The molecule has 0 spiro atoms. The van der Waals surface area contributed by atoms with Gasteiger partial charge in [0, 0.05) is 23.7 Å². The number of nitrogens with two attached hydrogens (primary N) is 1. The van der Waals surface area contributed by atoms with E-state index in [1.165, 1.54) is 6.07 Å². The van der Waals surface area contributed by atoms with E-state index in [0.29, 0.717) is 48.6 Å². The van der Waals surface area contributed by atoms with Crippen LogP contribution in [0, 0.1) is 5.82 Å². The van der Waals surface area contributed by atoms with Crippen LogP contribution >= 0.6 is 0 Å². The van der Waals surface area contributed by atoms with Gasteiger partial charge in [-0.1, -0.05) is 0 Å². The van der Waals surface area contributed by atoms with Gasteiger partial charge in [-0.25, -0.2) is 14.4 Å². The molecule has 14 heteroatoms. The first-order chi connectivity index (χ1) is 20.6. The zero-order valence-electron chi connectivity index (χ0n) is 23.3. The molecular weight excluding hydrogens is 569 g/mol. The minimum Gasteiger partial charge on any atom is -0.480 e. The average molecular weight is 601 g/mol. The van der Waals surface area contributed by atoms with E-state index in [4.69, 9.17) is 19.9 Å². The fourth-order valence-electron chi connectivity index (χ4n) is 5.85. The van der Waals surface area contributed by atoms with Gasteiger partial charge in [0.05, 0.1) is 48.2 Å². The lowest BCUT2D eigenvalue weighted by Gasteiger charge is -2.53. The fourth-order valence-corrected chi connectivity index (χ4v) is 5.85. The highest BCUT2D eigenvalue weighted by atomic mass is 19.3. The number of nitrogens with one attached hydrogen (secondary N) is 2. The third-order valence-corrected chi connectivity index (χ3v) is 8.55. The number of alkyl halides is 2. The highest BCUT2D eigenvalue weighted by Gasteiger charge is 2.49. The molecule has 3 fully saturated rings. The van der Waals surface area contributed by atoms with Crippen LogP contribution in [0.2, 0.25) is 0 Å². The number of nitrogens with zero attached hydrogens (tertiary/aromatic N) is 3. The average Bonchev–Trinajstić information content (AvgIpc) is 3.00. The van der Waals surface area contributed by atoms with Crippen molar-refractivity contribution in [3.63, 3.8) is 0 Å². The van der Waals surface area contributed by atoms with Crippen molar-refractivity contribution in [3.8, 4) is 11.6 Å². The third kappa shape index (κ3) is 6.07. The van der Waals surface area contributed by atoms with E-state index in [1.54, 1.807) is 12.1 Å². The summed E-state index contributed by atoms with van der Waals surface area (Å²) < 4.78 is 59.1. The monoisotopic (exact) mass is 600 g/mol. The molecule has 3 aromatic rings. The lowest BCUT2D eigenvalue weighted by Crippen LogP contribution is -2.61. The summed E-state index contributed by atoms with van der Waals surface area (Å²) in [6, 6.07) is 6.71. The van der Waals surface area contributed by atoms with E-state index >= 15 is 4.39 Å². The number of carbonyl (C=O) groups is 2. The number of primary amides is 1. The summed E-state index contributed by atoms with van der Waals surface area (Å²) in [4.78, 5) is 35.4. The van der Waals surface area contributed by atoms with Crippen LogP contribution < -0.4 is 25.8 Å². The Bertz CT molecular complexity index is 1550. The van der Waals surface area contributed by atoms with Gasteiger partial charge < -0.3 is 30.6 Å². The van der Waals surface area contributed by atoms with Gasteiger partial charge in [-0.05, 0) is 56.7 Å². The second-order valence-corrected chi connectivity index (χ2v) is 11.4.